The molecule has 1 aromatic carbocycles. The summed E-state index contributed by atoms with van der Waals surface area (Å²) in [6.45, 7) is 3.02. The first-order chi connectivity index (χ1) is 11.7. The van der Waals surface area contributed by atoms with E-state index < -0.39 is 0 Å². The van der Waals surface area contributed by atoms with Crippen LogP contribution >= 0.6 is 38.6 Å². The molecular weight excluding hydrogens is 408 g/mol. The standard InChI is InChI=1S/C16H15BrN4OS2/c17-11-3-4-12-13(10-11)24-16(18-12)21-7-5-20(6-8-21)15(22)19-14-2-1-9-23-14/h1-4,9-10H,5-8H2,(H,19,22). The number of thiazole rings is 1. The fourth-order valence-corrected chi connectivity index (χ4v) is 4.83. The quantitative estimate of drug-likeness (QED) is 0.662. The van der Waals surface area contributed by atoms with E-state index >= 15 is 0 Å². The number of anilines is 2. The third-order valence-corrected chi connectivity index (χ3v) is 6.29. The monoisotopic (exact) mass is 422 g/mol. The molecule has 1 fully saturated rings. The summed E-state index contributed by atoms with van der Waals surface area (Å²) >= 11 is 6.73. The van der Waals surface area contributed by atoms with E-state index in [4.69, 9.17) is 4.98 Å². The zero-order valence-electron chi connectivity index (χ0n) is 12.7. The van der Waals surface area contributed by atoms with Crippen LogP contribution in [0.1, 0.15) is 0 Å². The second kappa shape index (κ2) is 6.70. The van der Waals surface area contributed by atoms with Crippen LogP contribution in [0, 0.1) is 0 Å². The highest BCUT2D eigenvalue weighted by Gasteiger charge is 2.23. The Morgan fingerprint density at radius 2 is 2.04 bits per heavy atom. The van der Waals surface area contributed by atoms with Crippen molar-refractivity contribution >= 4 is 65.0 Å². The maximum atomic E-state index is 12.3. The van der Waals surface area contributed by atoms with E-state index in [1.165, 1.54) is 16.0 Å². The van der Waals surface area contributed by atoms with E-state index in [9.17, 15) is 4.79 Å². The van der Waals surface area contributed by atoms with E-state index in [1.807, 2.05) is 34.5 Å². The second-order valence-electron chi connectivity index (χ2n) is 5.49. The van der Waals surface area contributed by atoms with Crippen LogP contribution in [0.25, 0.3) is 10.2 Å². The number of rotatable bonds is 2. The highest BCUT2D eigenvalue weighted by atomic mass is 79.9. The molecule has 124 valence electrons. The lowest BCUT2D eigenvalue weighted by atomic mass is 10.3. The van der Waals surface area contributed by atoms with Gasteiger partial charge in [-0.15, -0.1) is 11.3 Å². The number of halogens is 1. The number of aromatic nitrogens is 1. The zero-order chi connectivity index (χ0) is 16.5. The van der Waals surface area contributed by atoms with Gasteiger partial charge in [-0.3, -0.25) is 5.32 Å². The molecule has 0 atom stereocenters. The van der Waals surface area contributed by atoms with Crippen molar-refractivity contribution in [2.24, 2.45) is 0 Å². The van der Waals surface area contributed by atoms with Crippen LogP contribution in [0.4, 0.5) is 14.9 Å². The Hall–Kier alpha value is -1.64. The summed E-state index contributed by atoms with van der Waals surface area (Å²) in [6, 6.07) is 9.97. The first kappa shape index (κ1) is 15.9. The van der Waals surface area contributed by atoms with Gasteiger partial charge in [0.1, 0.15) is 0 Å². The van der Waals surface area contributed by atoms with Crippen molar-refractivity contribution in [2.75, 3.05) is 36.4 Å². The number of piperazine rings is 1. The molecule has 24 heavy (non-hydrogen) atoms. The summed E-state index contributed by atoms with van der Waals surface area (Å²) in [7, 11) is 0. The van der Waals surface area contributed by atoms with Crippen molar-refractivity contribution in [3.05, 3.63) is 40.2 Å². The number of amides is 2. The van der Waals surface area contributed by atoms with Crippen LogP contribution in [-0.2, 0) is 0 Å². The van der Waals surface area contributed by atoms with Gasteiger partial charge in [-0.05, 0) is 35.7 Å². The Labute approximate surface area is 156 Å². The van der Waals surface area contributed by atoms with Crippen molar-refractivity contribution in [3.63, 3.8) is 0 Å². The molecule has 1 aliphatic rings. The number of thiophene rings is 1. The molecular formula is C16H15BrN4OS2. The molecule has 3 heterocycles. The highest BCUT2D eigenvalue weighted by Crippen LogP contribution is 2.31. The van der Waals surface area contributed by atoms with Gasteiger partial charge in [0.05, 0.1) is 15.2 Å². The summed E-state index contributed by atoms with van der Waals surface area (Å²) < 4.78 is 2.25. The third kappa shape index (κ3) is 3.26. The number of carbonyl (C=O) groups excluding carboxylic acids is 1. The van der Waals surface area contributed by atoms with Gasteiger partial charge in [0.15, 0.2) is 5.13 Å². The Morgan fingerprint density at radius 3 is 2.79 bits per heavy atom. The van der Waals surface area contributed by atoms with Crippen molar-refractivity contribution in [1.82, 2.24) is 9.88 Å². The summed E-state index contributed by atoms with van der Waals surface area (Å²) in [4.78, 5) is 21.1. The minimum Gasteiger partial charge on any atom is -0.345 e. The number of hydrogen-bond donors (Lipinski definition) is 1. The summed E-state index contributed by atoms with van der Waals surface area (Å²) in [5, 5.41) is 6.82. The predicted molar refractivity (Wildman–Crippen MR) is 104 cm³/mol. The largest absolute Gasteiger partial charge is 0.345 e. The number of nitrogens with zero attached hydrogens (tertiary/aromatic N) is 3. The van der Waals surface area contributed by atoms with Gasteiger partial charge in [-0.2, -0.15) is 0 Å². The van der Waals surface area contributed by atoms with Gasteiger partial charge in [0, 0.05) is 30.7 Å². The molecule has 8 heteroatoms. The molecule has 2 amide bonds. The van der Waals surface area contributed by atoms with Gasteiger partial charge in [0.25, 0.3) is 0 Å². The third-order valence-electron chi connectivity index (χ3n) is 3.93. The second-order valence-corrected chi connectivity index (χ2v) is 8.36. The minimum absolute atomic E-state index is 0.0228. The smallest absolute Gasteiger partial charge is 0.322 e. The van der Waals surface area contributed by atoms with Crippen molar-refractivity contribution in [2.45, 2.75) is 0 Å². The minimum atomic E-state index is -0.0228. The van der Waals surface area contributed by atoms with Crippen LogP contribution in [0.2, 0.25) is 0 Å². The SMILES string of the molecule is O=C(Nc1cccs1)N1CCN(c2nc3ccc(Br)cc3s2)CC1. The normalized spacial score (nSPS) is 15.0. The lowest BCUT2D eigenvalue weighted by Gasteiger charge is -2.34. The average Bonchev–Trinajstić information content (AvgIpc) is 3.24. The lowest BCUT2D eigenvalue weighted by molar-refractivity contribution is 0.208. The van der Waals surface area contributed by atoms with E-state index in [0.717, 1.165) is 33.2 Å². The number of carbonyl (C=O) groups is 1. The van der Waals surface area contributed by atoms with Gasteiger partial charge in [-0.1, -0.05) is 27.3 Å². The molecule has 5 nitrogen and oxygen atoms in total. The van der Waals surface area contributed by atoms with Crippen LogP contribution < -0.4 is 10.2 Å². The Kier molecular flexibility index (Phi) is 4.43. The maximum absolute atomic E-state index is 12.3. The number of urea groups is 1. The molecule has 1 N–H and O–H groups in total. The van der Waals surface area contributed by atoms with E-state index in [1.54, 1.807) is 11.3 Å². The zero-order valence-corrected chi connectivity index (χ0v) is 16.0. The summed E-state index contributed by atoms with van der Waals surface area (Å²) in [5.74, 6) is 0. The molecule has 0 bridgehead atoms. The maximum Gasteiger partial charge on any atom is 0.322 e. The van der Waals surface area contributed by atoms with Gasteiger partial charge in [0.2, 0.25) is 0 Å². The molecule has 0 radical (unpaired) electrons. The Morgan fingerprint density at radius 1 is 1.21 bits per heavy atom. The van der Waals surface area contributed by atoms with Crippen LogP contribution in [0.15, 0.2) is 40.2 Å². The number of nitrogens with one attached hydrogen (secondary N) is 1. The molecule has 0 saturated carbocycles. The summed E-state index contributed by atoms with van der Waals surface area (Å²) in [5.41, 5.74) is 1.02. The summed E-state index contributed by atoms with van der Waals surface area (Å²) in [6.07, 6.45) is 0. The predicted octanol–water partition coefficient (Wildman–Crippen LogP) is 4.47. The van der Waals surface area contributed by atoms with E-state index in [2.05, 4.69) is 32.2 Å². The van der Waals surface area contributed by atoms with E-state index in [-0.39, 0.29) is 6.03 Å². The number of benzene rings is 1. The molecule has 0 spiro atoms. The van der Waals surface area contributed by atoms with Crippen LogP contribution in [-0.4, -0.2) is 42.1 Å². The topological polar surface area (TPSA) is 48.5 Å². The lowest BCUT2D eigenvalue weighted by Crippen LogP contribution is -2.50. The van der Waals surface area contributed by atoms with Gasteiger partial charge in [-0.25, -0.2) is 9.78 Å². The molecule has 1 saturated heterocycles. The van der Waals surface area contributed by atoms with Crippen LogP contribution in [0.3, 0.4) is 0 Å². The molecule has 3 aromatic rings. The molecule has 0 aliphatic carbocycles. The van der Waals surface area contributed by atoms with Crippen molar-refractivity contribution < 1.29 is 4.79 Å². The first-order valence-corrected chi connectivity index (χ1v) is 10.1. The van der Waals surface area contributed by atoms with Crippen LogP contribution in [0.5, 0.6) is 0 Å². The number of hydrogen-bond acceptors (Lipinski definition) is 5. The fraction of sp³-hybridized carbons (Fsp3) is 0.250. The average molecular weight is 423 g/mol. The Balaban J connectivity index is 1.40. The van der Waals surface area contributed by atoms with Gasteiger partial charge >= 0.3 is 6.03 Å². The molecule has 1 aliphatic heterocycles. The number of fused-ring (bicyclic) bond motifs is 1. The van der Waals surface area contributed by atoms with Crippen molar-refractivity contribution in [1.29, 1.82) is 0 Å². The molecule has 4 rings (SSSR count). The first-order valence-electron chi connectivity index (χ1n) is 7.59. The van der Waals surface area contributed by atoms with Crippen molar-refractivity contribution in [3.8, 4) is 0 Å². The van der Waals surface area contributed by atoms with Gasteiger partial charge < -0.3 is 9.80 Å². The fourth-order valence-electron chi connectivity index (χ4n) is 2.66. The Bertz CT molecular complexity index is 856. The molecule has 2 aromatic heterocycles. The molecule has 0 unspecified atom stereocenters. The van der Waals surface area contributed by atoms with E-state index in [0.29, 0.717) is 13.1 Å². The highest BCUT2D eigenvalue weighted by molar-refractivity contribution is 9.10.